The number of halogens is 2. The lowest BCUT2D eigenvalue weighted by atomic mass is 10.0. The van der Waals surface area contributed by atoms with Crippen LogP contribution in [0.2, 0.25) is 0 Å². The van der Waals surface area contributed by atoms with Crippen molar-refractivity contribution in [3.63, 3.8) is 0 Å². The number of ether oxygens (including phenoxy) is 2. The Morgan fingerprint density at radius 1 is 1.18 bits per heavy atom. The standard InChI is InChI=1S/C19H17FN4O3.ClH/c20-8-13(9-21)10-24-19(25)23(11-22-24)16-3-1-2-14(6-16)15-4-5-17-18(7-15)27-12-26-17;/h1-8,11H,9-10,12,21H2;1H/b13-8-;. The van der Waals surface area contributed by atoms with Crippen LogP contribution in [-0.2, 0) is 6.54 Å². The van der Waals surface area contributed by atoms with Crippen molar-refractivity contribution in [2.45, 2.75) is 6.54 Å². The van der Waals surface area contributed by atoms with Crippen LogP contribution in [0.25, 0.3) is 16.8 Å². The summed E-state index contributed by atoms with van der Waals surface area (Å²) in [6, 6.07) is 13.1. The Kier molecular flexibility index (Phi) is 5.81. The van der Waals surface area contributed by atoms with Crippen molar-refractivity contribution in [2.75, 3.05) is 13.3 Å². The average molecular weight is 405 g/mol. The highest BCUT2D eigenvalue weighted by molar-refractivity contribution is 5.85. The zero-order chi connectivity index (χ0) is 18.8. The molecule has 0 radical (unpaired) electrons. The third-order valence-electron chi connectivity index (χ3n) is 4.33. The van der Waals surface area contributed by atoms with Crippen LogP contribution in [0.1, 0.15) is 0 Å². The highest BCUT2D eigenvalue weighted by atomic mass is 35.5. The van der Waals surface area contributed by atoms with Gasteiger partial charge in [-0.15, -0.1) is 12.4 Å². The van der Waals surface area contributed by atoms with E-state index in [1.54, 1.807) is 6.07 Å². The zero-order valence-electron chi connectivity index (χ0n) is 14.7. The molecule has 0 amide bonds. The number of aromatic nitrogens is 3. The van der Waals surface area contributed by atoms with E-state index in [0.717, 1.165) is 11.1 Å². The van der Waals surface area contributed by atoms with Crippen molar-refractivity contribution in [1.29, 1.82) is 0 Å². The van der Waals surface area contributed by atoms with E-state index < -0.39 is 0 Å². The van der Waals surface area contributed by atoms with Gasteiger partial charge in [-0.3, -0.25) is 0 Å². The maximum absolute atomic E-state index is 12.7. The van der Waals surface area contributed by atoms with Gasteiger partial charge in [-0.25, -0.2) is 18.4 Å². The molecule has 0 bridgehead atoms. The fourth-order valence-electron chi connectivity index (χ4n) is 2.87. The second kappa shape index (κ2) is 8.28. The molecule has 2 N–H and O–H groups in total. The van der Waals surface area contributed by atoms with Gasteiger partial charge in [-0.2, -0.15) is 5.10 Å². The molecule has 0 saturated heterocycles. The normalized spacial score (nSPS) is 12.7. The Morgan fingerprint density at radius 3 is 2.75 bits per heavy atom. The van der Waals surface area contributed by atoms with E-state index >= 15 is 0 Å². The SMILES string of the molecule is Cl.NC/C(=C/F)Cn1ncn(-c2cccc(-c3ccc4c(c3)OCO4)c2)c1=O. The van der Waals surface area contributed by atoms with Crippen LogP contribution in [0, 0.1) is 0 Å². The van der Waals surface area contributed by atoms with Gasteiger partial charge < -0.3 is 15.2 Å². The highest BCUT2D eigenvalue weighted by Gasteiger charge is 2.14. The Balaban J connectivity index is 0.00000225. The third-order valence-corrected chi connectivity index (χ3v) is 4.33. The van der Waals surface area contributed by atoms with Crippen LogP contribution < -0.4 is 20.9 Å². The molecule has 1 aliphatic heterocycles. The number of benzene rings is 2. The first kappa shape index (κ1) is 19.7. The molecule has 146 valence electrons. The monoisotopic (exact) mass is 404 g/mol. The summed E-state index contributed by atoms with van der Waals surface area (Å²) < 4.78 is 26.1. The van der Waals surface area contributed by atoms with Crippen LogP contribution in [-0.4, -0.2) is 27.7 Å². The predicted molar refractivity (Wildman–Crippen MR) is 105 cm³/mol. The second-order valence-corrected chi connectivity index (χ2v) is 6.03. The minimum Gasteiger partial charge on any atom is -0.454 e. The second-order valence-electron chi connectivity index (χ2n) is 6.03. The first-order valence-corrected chi connectivity index (χ1v) is 8.32. The Labute approximate surface area is 166 Å². The Bertz CT molecular complexity index is 1080. The first-order chi connectivity index (χ1) is 13.2. The summed E-state index contributed by atoms with van der Waals surface area (Å²) in [5, 5.41) is 4.05. The fourth-order valence-corrected chi connectivity index (χ4v) is 2.87. The Morgan fingerprint density at radius 2 is 1.96 bits per heavy atom. The fraction of sp³-hybridized carbons (Fsp3) is 0.158. The minimum absolute atomic E-state index is 0. The summed E-state index contributed by atoms with van der Waals surface area (Å²) in [7, 11) is 0. The third kappa shape index (κ3) is 3.64. The van der Waals surface area contributed by atoms with Gasteiger partial charge in [0.1, 0.15) is 6.33 Å². The summed E-state index contributed by atoms with van der Waals surface area (Å²) in [4.78, 5) is 12.6. The summed E-state index contributed by atoms with van der Waals surface area (Å²) in [5.74, 6) is 1.40. The molecule has 2 heterocycles. The van der Waals surface area contributed by atoms with E-state index in [2.05, 4.69) is 5.10 Å². The molecule has 3 aromatic rings. The van der Waals surface area contributed by atoms with E-state index in [4.69, 9.17) is 15.2 Å². The lowest BCUT2D eigenvalue weighted by Gasteiger charge is -2.07. The molecule has 0 fully saturated rings. The van der Waals surface area contributed by atoms with Crippen LogP contribution in [0.3, 0.4) is 0 Å². The van der Waals surface area contributed by atoms with Gasteiger partial charge in [0, 0.05) is 6.54 Å². The molecule has 0 unspecified atom stereocenters. The van der Waals surface area contributed by atoms with Crippen LogP contribution >= 0.6 is 12.4 Å². The molecule has 0 aliphatic carbocycles. The lowest BCUT2D eigenvalue weighted by Crippen LogP contribution is -2.25. The lowest BCUT2D eigenvalue weighted by molar-refractivity contribution is 0.174. The smallest absolute Gasteiger partial charge is 0.350 e. The van der Waals surface area contributed by atoms with Gasteiger partial charge in [0.2, 0.25) is 6.79 Å². The molecular formula is C19H18ClFN4O3. The van der Waals surface area contributed by atoms with Crippen molar-refractivity contribution in [3.8, 4) is 28.3 Å². The van der Waals surface area contributed by atoms with Crippen LogP contribution in [0.15, 0.2) is 65.5 Å². The molecule has 4 rings (SSSR count). The summed E-state index contributed by atoms with van der Waals surface area (Å²) >= 11 is 0. The first-order valence-electron chi connectivity index (χ1n) is 8.32. The largest absolute Gasteiger partial charge is 0.454 e. The maximum atomic E-state index is 12.7. The van der Waals surface area contributed by atoms with Crippen molar-refractivity contribution in [3.05, 3.63) is 71.2 Å². The van der Waals surface area contributed by atoms with Gasteiger partial charge in [-0.1, -0.05) is 18.2 Å². The molecule has 2 aromatic carbocycles. The van der Waals surface area contributed by atoms with Crippen LogP contribution in [0.4, 0.5) is 4.39 Å². The minimum atomic E-state index is -0.370. The molecular weight excluding hydrogens is 387 g/mol. The predicted octanol–water partition coefficient (Wildman–Crippen LogP) is 2.66. The molecule has 9 heteroatoms. The van der Waals surface area contributed by atoms with E-state index in [0.29, 0.717) is 23.5 Å². The van der Waals surface area contributed by atoms with E-state index in [-0.39, 0.29) is 43.6 Å². The van der Waals surface area contributed by atoms with E-state index in [9.17, 15) is 9.18 Å². The Hall–Kier alpha value is -3.10. The number of rotatable bonds is 5. The van der Waals surface area contributed by atoms with Gasteiger partial charge >= 0.3 is 5.69 Å². The molecule has 1 aliphatic rings. The highest BCUT2D eigenvalue weighted by Crippen LogP contribution is 2.36. The van der Waals surface area contributed by atoms with Crippen molar-refractivity contribution in [1.82, 2.24) is 14.3 Å². The van der Waals surface area contributed by atoms with Gasteiger partial charge in [-0.05, 0) is 41.0 Å². The quantitative estimate of drug-likeness (QED) is 0.706. The number of fused-ring (bicyclic) bond motifs is 1. The maximum Gasteiger partial charge on any atom is 0.350 e. The molecule has 0 saturated carbocycles. The van der Waals surface area contributed by atoms with E-state index in [1.807, 2.05) is 36.4 Å². The van der Waals surface area contributed by atoms with Crippen LogP contribution in [0.5, 0.6) is 11.5 Å². The average Bonchev–Trinajstić information content (AvgIpc) is 3.32. The van der Waals surface area contributed by atoms with Crippen molar-refractivity contribution in [2.24, 2.45) is 5.73 Å². The molecule has 7 nitrogen and oxygen atoms in total. The number of nitrogens with two attached hydrogens (primary N) is 1. The summed E-state index contributed by atoms with van der Waals surface area (Å²) in [6.45, 7) is 0.252. The van der Waals surface area contributed by atoms with Gasteiger partial charge in [0.25, 0.3) is 0 Å². The molecule has 0 atom stereocenters. The molecule has 1 aromatic heterocycles. The van der Waals surface area contributed by atoms with Crippen molar-refractivity contribution < 1.29 is 13.9 Å². The molecule has 0 spiro atoms. The molecule has 28 heavy (non-hydrogen) atoms. The number of nitrogens with zero attached hydrogens (tertiary/aromatic N) is 3. The summed E-state index contributed by atoms with van der Waals surface area (Å²) in [6.07, 6.45) is 1.82. The topological polar surface area (TPSA) is 84.3 Å². The van der Waals surface area contributed by atoms with Gasteiger partial charge in [0.05, 0.1) is 18.6 Å². The van der Waals surface area contributed by atoms with Crippen molar-refractivity contribution >= 4 is 12.4 Å². The van der Waals surface area contributed by atoms with Gasteiger partial charge in [0.15, 0.2) is 11.5 Å². The number of hydrogen-bond donors (Lipinski definition) is 1. The zero-order valence-corrected chi connectivity index (χ0v) is 15.6. The van der Waals surface area contributed by atoms with E-state index in [1.165, 1.54) is 15.6 Å². The number of hydrogen-bond acceptors (Lipinski definition) is 5. The summed E-state index contributed by atoms with van der Waals surface area (Å²) in [5.41, 5.74) is 7.87.